The van der Waals surface area contributed by atoms with Gasteiger partial charge in [0.05, 0.1) is 0 Å². The predicted octanol–water partition coefficient (Wildman–Crippen LogP) is 2.41. The van der Waals surface area contributed by atoms with Crippen molar-refractivity contribution >= 4 is 0 Å². The molecular weight excluding hydrogens is 145 g/mol. The van der Waals surface area contributed by atoms with E-state index < -0.39 is 6.01 Å². The van der Waals surface area contributed by atoms with Crippen molar-refractivity contribution in [1.82, 2.24) is 4.98 Å². The second-order valence-electron chi connectivity index (χ2n) is 2.22. The number of aromatic nitrogens is 1. The highest BCUT2D eigenvalue weighted by Crippen LogP contribution is 2.18. The summed E-state index contributed by atoms with van der Waals surface area (Å²) in [6.45, 7) is 0. The molecule has 0 saturated carbocycles. The van der Waals surface area contributed by atoms with Gasteiger partial charge in [-0.2, -0.15) is 4.39 Å². The van der Waals surface area contributed by atoms with E-state index in [-0.39, 0.29) is 0 Å². The van der Waals surface area contributed by atoms with Gasteiger partial charge in [0, 0.05) is 23.5 Å². The summed E-state index contributed by atoms with van der Waals surface area (Å²) in [5.41, 5.74) is 1.59. The normalized spacial score (nSPS) is 10.3. The average Bonchev–Trinajstić information content (AvgIpc) is 2.55. The third-order valence-electron chi connectivity index (χ3n) is 1.48. The Morgan fingerprint density at radius 3 is 2.91 bits per heavy atom. The fourth-order valence-corrected chi connectivity index (χ4v) is 0.961. The molecule has 2 aromatic rings. The van der Waals surface area contributed by atoms with Crippen LogP contribution in [0.25, 0.3) is 11.3 Å². The van der Waals surface area contributed by atoms with E-state index in [1.165, 1.54) is 12.3 Å². The minimum atomic E-state index is -0.561. The van der Waals surface area contributed by atoms with Gasteiger partial charge in [0.2, 0.25) is 0 Å². The third-order valence-corrected chi connectivity index (χ3v) is 1.48. The number of hydrogen-bond acceptors (Lipinski definition) is 1. The zero-order chi connectivity index (χ0) is 7.68. The Morgan fingerprint density at radius 2 is 2.36 bits per heavy atom. The zero-order valence-electron chi connectivity index (χ0n) is 5.67. The van der Waals surface area contributed by atoms with Crippen LogP contribution in [0.5, 0.6) is 0 Å². The third kappa shape index (κ3) is 1.05. The van der Waals surface area contributed by atoms with Crippen molar-refractivity contribution in [2.75, 3.05) is 0 Å². The Bertz CT molecular complexity index is 337. The lowest BCUT2D eigenvalue weighted by molar-refractivity contribution is 0.359. The molecule has 0 aliphatic rings. The lowest BCUT2D eigenvalue weighted by Crippen LogP contribution is -1.69. The van der Waals surface area contributed by atoms with Crippen LogP contribution in [0.4, 0.5) is 4.39 Å². The van der Waals surface area contributed by atoms with E-state index in [0.29, 0.717) is 0 Å². The van der Waals surface area contributed by atoms with Gasteiger partial charge in [-0.15, -0.1) is 0 Å². The fourth-order valence-electron chi connectivity index (χ4n) is 0.961. The van der Waals surface area contributed by atoms with Crippen LogP contribution in [-0.2, 0) is 0 Å². The van der Waals surface area contributed by atoms with Crippen LogP contribution in [0.1, 0.15) is 0 Å². The molecule has 0 amide bonds. The maximum atomic E-state index is 12.3. The first kappa shape index (κ1) is 6.22. The van der Waals surface area contributed by atoms with Crippen molar-refractivity contribution in [3.63, 3.8) is 0 Å². The smallest absolute Gasteiger partial charge is 0.278 e. The highest BCUT2D eigenvalue weighted by molar-refractivity contribution is 5.57. The molecule has 2 rings (SSSR count). The van der Waals surface area contributed by atoms with Crippen molar-refractivity contribution < 1.29 is 8.81 Å². The van der Waals surface area contributed by atoms with Crippen molar-refractivity contribution in [2.45, 2.75) is 0 Å². The van der Waals surface area contributed by atoms with Crippen LogP contribution in [0, 0.1) is 6.01 Å². The van der Waals surface area contributed by atoms with E-state index >= 15 is 0 Å². The monoisotopic (exact) mass is 151 g/mol. The molecule has 3 heteroatoms. The second-order valence-corrected chi connectivity index (χ2v) is 2.22. The first-order valence-corrected chi connectivity index (χ1v) is 3.24. The quantitative estimate of drug-likeness (QED) is 0.666. The molecule has 2 heterocycles. The molecule has 0 aliphatic carbocycles. The molecule has 0 aliphatic heterocycles. The Labute approximate surface area is 62.7 Å². The summed E-state index contributed by atoms with van der Waals surface area (Å²) in [5, 5.41) is 0. The summed E-state index contributed by atoms with van der Waals surface area (Å²) < 4.78 is 16.8. The Kier molecular flexibility index (Phi) is 1.28. The fraction of sp³-hybridized carbons (Fsp3) is 0. The highest BCUT2D eigenvalue weighted by atomic mass is 19.1. The summed E-state index contributed by atoms with van der Waals surface area (Å²) in [6.07, 6.45) is 3.15. The Balaban J connectivity index is 2.45. The Morgan fingerprint density at radius 1 is 1.45 bits per heavy atom. The van der Waals surface area contributed by atoms with E-state index in [1.54, 1.807) is 6.20 Å². The summed E-state index contributed by atoms with van der Waals surface area (Å²) in [5.74, 6) is 0. The maximum absolute atomic E-state index is 12.3. The van der Waals surface area contributed by atoms with Gasteiger partial charge in [-0.3, -0.25) is 0 Å². The van der Waals surface area contributed by atoms with Gasteiger partial charge in [0.25, 0.3) is 6.01 Å². The summed E-state index contributed by atoms with van der Waals surface area (Å²) in [6, 6.07) is 4.48. The highest BCUT2D eigenvalue weighted by Gasteiger charge is 2.02. The molecule has 0 bridgehead atoms. The molecular formula is C8H6FNO. The number of rotatable bonds is 1. The molecule has 0 aromatic carbocycles. The van der Waals surface area contributed by atoms with E-state index in [1.807, 2.05) is 12.1 Å². The molecule has 0 spiro atoms. The van der Waals surface area contributed by atoms with Gasteiger partial charge < -0.3 is 9.40 Å². The standard InChI is InChI=1S/C8H6FNO/c9-8-4-6(5-11-8)7-2-1-3-10-7/h1-5,10H. The van der Waals surface area contributed by atoms with Crippen LogP contribution in [0.3, 0.4) is 0 Å². The molecule has 0 atom stereocenters. The zero-order valence-corrected chi connectivity index (χ0v) is 5.67. The topological polar surface area (TPSA) is 28.9 Å². The van der Waals surface area contributed by atoms with Crippen molar-refractivity contribution in [2.24, 2.45) is 0 Å². The molecule has 0 unspecified atom stereocenters. The van der Waals surface area contributed by atoms with E-state index in [9.17, 15) is 4.39 Å². The summed E-state index contributed by atoms with van der Waals surface area (Å²) in [7, 11) is 0. The summed E-state index contributed by atoms with van der Waals surface area (Å²) in [4.78, 5) is 2.94. The number of hydrogen-bond donors (Lipinski definition) is 1. The van der Waals surface area contributed by atoms with Crippen molar-refractivity contribution in [3.8, 4) is 11.3 Å². The van der Waals surface area contributed by atoms with Crippen molar-refractivity contribution in [3.05, 3.63) is 36.7 Å². The number of H-pyrrole nitrogens is 1. The minimum absolute atomic E-state index is 0.561. The first-order chi connectivity index (χ1) is 5.36. The number of halogens is 1. The Hall–Kier alpha value is -1.51. The molecule has 56 valence electrons. The van der Waals surface area contributed by atoms with Crippen LogP contribution in [-0.4, -0.2) is 4.98 Å². The molecule has 1 N–H and O–H groups in total. The van der Waals surface area contributed by atoms with Gasteiger partial charge in [0.15, 0.2) is 0 Å². The predicted molar refractivity (Wildman–Crippen MR) is 38.5 cm³/mol. The minimum Gasteiger partial charge on any atom is -0.439 e. The van der Waals surface area contributed by atoms with E-state index in [4.69, 9.17) is 0 Å². The van der Waals surface area contributed by atoms with Gasteiger partial charge in [-0.1, -0.05) is 0 Å². The second kappa shape index (κ2) is 2.27. The van der Waals surface area contributed by atoms with Gasteiger partial charge in [0.1, 0.15) is 6.26 Å². The molecule has 0 radical (unpaired) electrons. The SMILES string of the molecule is Fc1cc(-c2ccc[nH]2)co1. The van der Waals surface area contributed by atoms with Crippen molar-refractivity contribution in [1.29, 1.82) is 0 Å². The van der Waals surface area contributed by atoms with Crippen LogP contribution < -0.4 is 0 Å². The number of aromatic amines is 1. The van der Waals surface area contributed by atoms with E-state index in [0.717, 1.165) is 11.3 Å². The van der Waals surface area contributed by atoms with Crippen LogP contribution in [0.15, 0.2) is 35.1 Å². The van der Waals surface area contributed by atoms with Crippen LogP contribution in [0.2, 0.25) is 0 Å². The average molecular weight is 151 g/mol. The largest absolute Gasteiger partial charge is 0.439 e. The molecule has 2 aromatic heterocycles. The lowest BCUT2D eigenvalue weighted by Gasteiger charge is -1.85. The number of nitrogens with one attached hydrogen (secondary N) is 1. The molecule has 0 fully saturated rings. The van der Waals surface area contributed by atoms with Crippen LogP contribution >= 0.6 is 0 Å². The maximum Gasteiger partial charge on any atom is 0.278 e. The first-order valence-electron chi connectivity index (χ1n) is 3.24. The van der Waals surface area contributed by atoms with Gasteiger partial charge in [-0.25, -0.2) is 0 Å². The van der Waals surface area contributed by atoms with Gasteiger partial charge in [-0.05, 0) is 12.1 Å². The molecule has 2 nitrogen and oxygen atoms in total. The number of furan rings is 1. The molecule has 0 saturated heterocycles. The van der Waals surface area contributed by atoms with Gasteiger partial charge >= 0.3 is 0 Å². The lowest BCUT2D eigenvalue weighted by atomic mass is 10.2. The van der Waals surface area contributed by atoms with E-state index in [2.05, 4.69) is 9.40 Å². The summed E-state index contributed by atoms with van der Waals surface area (Å²) >= 11 is 0. The molecule has 11 heavy (non-hydrogen) atoms.